The molecule has 4 aromatic carbocycles. The van der Waals surface area contributed by atoms with Crippen LogP contribution in [0.5, 0.6) is 0 Å². The third kappa shape index (κ3) is 4.06. The summed E-state index contributed by atoms with van der Waals surface area (Å²) in [5, 5.41) is 5.67. The molecule has 0 fully saturated rings. The van der Waals surface area contributed by atoms with E-state index in [1.807, 2.05) is 54.8 Å². The van der Waals surface area contributed by atoms with Crippen LogP contribution in [0.15, 0.2) is 99.8 Å². The average Bonchev–Trinajstić information content (AvgIpc) is 3.08. The molecule has 0 aliphatic carbocycles. The van der Waals surface area contributed by atoms with E-state index in [-0.39, 0.29) is 12.5 Å². The minimum Gasteiger partial charge on any atom is -0.267 e. The van der Waals surface area contributed by atoms with E-state index in [2.05, 4.69) is 10.5 Å². The van der Waals surface area contributed by atoms with Crippen LogP contribution in [0.4, 0.5) is 5.69 Å². The number of sulfonamides is 1. The van der Waals surface area contributed by atoms with Crippen molar-refractivity contribution in [3.8, 4) is 0 Å². The van der Waals surface area contributed by atoms with Gasteiger partial charge in [-0.15, -0.1) is 11.8 Å². The predicted octanol–water partition coefficient (Wildman–Crippen LogP) is 5.03. The number of nitrogens with zero attached hydrogens (tertiary/aromatic N) is 2. The second-order valence-electron chi connectivity index (χ2n) is 7.81. The molecule has 4 aromatic rings. The van der Waals surface area contributed by atoms with Crippen LogP contribution in [0, 0.1) is 0 Å². The van der Waals surface area contributed by atoms with Gasteiger partial charge in [0, 0.05) is 15.8 Å². The molecule has 0 radical (unpaired) electrons. The van der Waals surface area contributed by atoms with Gasteiger partial charge in [0.15, 0.2) is 0 Å². The molecule has 1 heterocycles. The lowest BCUT2D eigenvalue weighted by molar-refractivity contribution is 0.0955. The van der Waals surface area contributed by atoms with Gasteiger partial charge >= 0.3 is 0 Å². The highest BCUT2D eigenvalue weighted by Crippen LogP contribution is 2.42. The normalized spacial score (nSPS) is 14.1. The SMILES string of the molecule is CSc1ccc(/C=N\NC(=O)c2ccc(CN3c4cccc5cccc(c45)S3(=O)=O)cc2)cc1. The quantitative estimate of drug-likeness (QED) is 0.235. The molecular weight excluding hydrogens is 466 g/mol. The molecule has 1 N–H and O–H groups in total. The Hall–Kier alpha value is -3.62. The molecule has 170 valence electrons. The van der Waals surface area contributed by atoms with Crippen molar-refractivity contribution in [3.05, 3.63) is 102 Å². The number of hydrazone groups is 1. The molecule has 0 saturated heterocycles. The largest absolute Gasteiger partial charge is 0.271 e. The molecule has 0 atom stereocenters. The smallest absolute Gasteiger partial charge is 0.267 e. The Balaban J connectivity index is 1.29. The highest BCUT2D eigenvalue weighted by atomic mass is 32.2. The molecule has 0 bridgehead atoms. The number of amides is 1. The Labute approximate surface area is 202 Å². The van der Waals surface area contributed by atoms with Crippen LogP contribution >= 0.6 is 11.8 Å². The van der Waals surface area contributed by atoms with Crippen molar-refractivity contribution in [2.75, 3.05) is 10.6 Å². The van der Waals surface area contributed by atoms with Crippen molar-refractivity contribution in [1.82, 2.24) is 5.43 Å². The number of rotatable bonds is 6. The van der Waals surface area contributed by atoms with Crippen LogP contribution in [0.1, 0.15) is 21.5 Å². The molecule has 0 unspecified atom stereocenters. The van der Waals surface area contributed by atoms with Gasteiger partial charge in [-0.05, 0) is 59.2 Å². The maximum absolute atomic E-state index is 13.2. The summed E-state index contributed by atoms with van der Waals surface area (Å²) >= 11 is 1.66. The molecule has 5 rings (SSSR count). The molecule has 1 aliphatic heterocycles. The van der Waals surface area contributed by atoms with E-state index in [1.54, 1.807) is 54.4 Å². The summed E-state index contributed by atoms with van der Waals surface area (Å²) in [6.45, 7) is 0.183. The summed E-state index contributed by atoms with van der Waals surface area (Å²) in [5.74, 6) is -0.338. The molecule has 8 heteroatoms. The Morgan fingerprint density at radius 2 is 1.68 bits per heavy atom. The van der Waals surface area contributed by atoms with Crippen LogP contribution in [0.3, 0.4) is 0 Å². The van der Waals surface area contributed by atoms with E-state index >= 15 is 0 Å². The lowest BCUT2D eigenvalue weighted by Gasteiger charge is -2.19. The first-order valence-corrected chi connectivity index (χ1v) is 13.2. The zero-order valence-corrected chi connectivity index (χ0v) is 19.9. The maximum atomic E-state index is 13.2. The fourth-order valence-electron chi connectivity index (χ4n) is 3.98. The molecule has 1 aliphatic rings. The van der Waals surface area contributed by atoms with Crippen molar-refractivity contribution in [2.24, 2.45) is 5.10 Å². The molecule has 6 nitrogen and oxygen atoms in total. The molecule has 0 saturated carbocycles. The Bertz CT molecular complexity index is 1510. The lowest BCUT2D eigenvalue weighted by atomic mass is 10.1. The standard InChI is InChI=1S/C26H21N3O3S2/c1-33-22-14-10-18(11-15-22)16-27-28-26(30)21-12-8-19(9-13-21)17-29-23-6-2-4-20-5-3-7-24(25(20)23)34(29,31)32/h2-16H,17H2,1H3,(H,28,30)/b27-16-. The van der Waals surface area contributed by atoms with Crippen LogP contribution in [0.2, 0.25) is 0 Å². The molecular formula is C26H21N3O3S2. The highest BCUT2D eigenvalue weighted by molar-refractivity contribution is 7.98. The first-order chi connectivity index (χ1) is 16.5. The van der Waals surface area contributed by atoms with E-state index in [1.165, 1.54) is 4.31 Å². The van der Waals surface area contributed by atoms with Crippen LogP contribution in [-0.2, 0) is 16.6 Å². The summed E-state index contributed by atoms with van der Waals surface area (Å²) < 4.78 is 27.7. The molecule has 34 heavy (non-hydrogen) atoms. The van der Waals surface area contributed by atoms with Crippen LogP contribution in [0.25, 0.3) is 10.8 Å². The van der Waals surface area contributed by atoms with Gasteiger partial charge in [-0.25, -0.2) is 13.8 Å². The zero-order valence-electron chi connectivity index (χ0n) is 18.3. The number of hydrogen-bond donors (Lipinski definition) is 1. The number of carbonyl (C=O) groups is 1. The Kier molecular flexibility index (Phi) is 5.85. The lowest BCUT2D eigenvalue weighted by Crippen LogP contribution is -2.26. The van der Waals surface area contributed by atoms with E-state index in [4.69, 9.17) is 0 Å². The van der Waals surface area contributed by atoms with Gasteiger partial charge in [-0.3, -0.25) is 9.10 Å². The topological polar surface area (TPSA) is 78.8 Å². The molecule has 0 aromatic heterocycles. The highest BCUT2D eigenvalue weighted by Gasteiger charge is 2.35. The number of carbonyl (C=O) groups excluding carboxylic acids is 1. The first-order valence-electron chi connectivity index (χ1n) is 10.6. The zero-order chi connectivity index (χ0) is 23.7. The third-order valence-corrected chi connectivity index (χ3v) is 8.26. The third-order valence-electron chi connectivity index (χ3n) is 5.72. The van der Waals surface area contributed by atoms with Crippen LogP contribution in [-0.4, -0.2) is 26.8 Å². The minimum atomic E-state index is -3.63. The van der Waals surface area contributed by atoms with Gasteiger partial charge in [0.25, 0.3) is 15.9 Å². The summed E-state index contributed by atoms with van der Waals surface area (Å²) in [6, 6.07) is 25.6. The van der Waals surface area contributed by atoms with E-state index in [9.17, 15) is 13.2 Å². The average molecular weight is 488 g/mol. The Morgan fingerprint density at radius 3 is 2.38 bits per heavy atom. The van der Waals surface area contributed by atoms with Gasteiger partial charge in [0.05, 0.1) is 23.3 Å². The number of benzene rings is 4. The van der Waals surface area contributed by atoms with Crippen molar-refractivity contribution < 1.29 is 13.2 Å². The molecule has 1 amide bonds. The summed E-state index contributed by atoms with van der Waals surface area (Å²) in [7, 11) is -3.63. The monoisotopic (exact) mass is 487 g/mol. The summed E-state index contributed by atoms with van der Waals surface area (Å²) in [4.78, 5) is 13.9. The van der Waals surface area contributed by atoms with Crippen molar-refractivity contribution >= 4 is 50.4 Å². The van der Waals surface area contributed by atoms with Crippen molar-refractivity contribution in [1.29, 1.82) is 0 Å². The predicted molar refractivity (Wildman–Crippen MR) is 137 cm³/mol. The maximum Gasteiger partial charge on any atom is 0.271 e. The van der Waals surface area contributed by atoms with Crippen molar-refractivity contribution in [2.45, 2.75) is 16.3 Å². The van der Waals surface area contributed by atoms with Gasteiger partial charge in [-0.2, -0.15) is 5.10 Å². The number of thioether (sulfide) groups is 1. The number of nitrogens with one attached hydrogen (secondary N) is 1. The molecule has 0 spiro atoms. The van der Waals surface area contributed by atoms with E-state index in [0.717, 1.165) is 26.8 Å². The summed E-state index contributed by atoms with van der Waals surface area (Å²) in [6.07, 6.45) is 3.60. The van der Waals surface area contributed by atoms with E-state index in [0.29, 0.717) is 16.1 Å². The fourth-order valence-corrected chi connectivity index (χ4v) is 6.08. The number of hydrogen-bond acceptors (Lipinski definition) is 5. The summed E-state index contributed by atoms with van der Waals surface area (Å²) in [5.41, 5.74) is 5.31. The number of anilines is 1. The second kappa shape index (κ2) is 8.96. The fraction of sp³-hybridized carbons (Fsp3) is 0.0769. The van der Waals surface area contributed by atoms with Gasteiger partial charge in [0.1, 0.15) is 0 Å². The van der Waals surface area contributed by atoms with Gasteiger partial charge < -0.3 is 0 Å². The minimum absolute atomic E-state index is 0.183. The van der Waals surface area contributed by atoms with Crippen LogP contribution < -0.4 is 9.73 Å². The first kappa shape index (κ1) is 22.2. The van der Waals surface area contributed by atoms with Gasteiger partial charge in [-0.1, -0.05) is 48.5 Å². The van der Waals surface area contributed by atoms with Gasteiger partial charge in [0.2, 0.25) is 0 Å². The Morgan fingerprint density at radius 1 is 0.971 bits per heavy atom. The van der Waals surface area contributed by atoms with Crippen molar-refractivity contribution in [3.63, 3.8) is 0 Å². The second-order valence-corrected chi connectivity index (χ2v) is 10.5. The van der Waals surface area contributed by atoms with E-state index < -0.39 is 10.0 Å².